The molecule has 0 aliphatic carbocycles. The highest BCUT2D eigenvalue weighted by molar-refractivity contribution is 7.89. The molecule has 24 heavy (non-hydrogen) atoms. The van der Waals surface area contributed by atoms with Gasteiger partial charge in [-0.3, -0.25) is 9.59 Å². The van der Waals surface area contributed by atoms with Gasteiger partial charge in [-0.2, -0.15) is 4.31 Å². The van der Waals surface area contributed by atoms with Crippen molar-refractivity contribution in [2.45, 2.75) is 10.9 Å². The average Bonchev–Trinajstić information content (AvgIpc) is 2.56. The van der Waals surface area contributed by atoms with Crippen LogP contribution >= 0.6 is 0 Å². The fourth-order valence-electron chi connectivity index (χ4n) is 2.53. The van der Waals surface area contributed by atoms with E-state index >= 15 is 0 Å². The van der Waals surface area contributed by atoms with E-state index in [2.05, 4.69) is 5.32 Å². The molecule has 1 N–H and O–H groups in total. The van der Waals surface area contributed by atoms with Gasteiger partial charge in [0.25, 0.3) is 5.91 Å². The fourth-order valence-corrected chi connectivity index (χ4v) is 4.01. The zero-order valence-corrected chi connectivity index (χ0v) is 13.4. The molecule has 6 nitrogen and oxygen atoms in total. The van der Waals surface area contributed by atoms with Crippen molar-refractivity contribution in [2.24, 2.45) is 0 Å². The summed E-state index contributed by atoms with van der Waals surface area (Å²) < 4.78 is 38.7. The molecule has 2 aromatic carbocycles. The van der Waals surface area contributed by atoms with Gasteiger partial charge in [-0.1, -0.05) is 12.1 Å². The molecule has 0 fully saturated rings. The minimum atomic E-state index is -3.96. The average molecular weight is 348 g/mol. The normalized spacial score (nSPS) is 19.6. The minimum Gasteiger partial charge on any atom is -0.324 e. The number of carbonyl (C=O) groups is 2. The van der Waals surface area contributed by atoms with Crippen molar-refractivity contribution in [3.05, 3.63) is 59.9 Å². The van der Waals surface area contributed by atoms with Gasteiger partial charge in [-0.15, -0.1) is 0 Å². The predicted molar refractivity (Wildman–Crippen MR) is 84.5 cm³/mol. The number of hydrogen-bond acceptors (Lipinski definition) is 4. The van der Waals surface area contributed by atoms with Crippen LogP contribution in [0.2, 0.25) is 0 Å². The lowest BCUT2D eigenvalue weighted by molar-refractivity contribution is -0.118. The molecule has 1 heterocycles. The highest BCUT2D eigenvalue weighted by Gasteiger charge is 2.45. The Bertz CT molecular complexity index is 925. The van der Waals surface area contributed by atoms with E-state index in [-0.39, 0.29) is 16.1 Å². The Morgan fingerprint density at radius 1 is 1.12 bits per heavy atom. The van der Waals surface area contributed by atoms with Crippen LogP contribution < -0.4 is 5.32 Å². The van der Waals surface area contributed by atoms with Crippen LogP contribution in [0.3, 0.4) is 0 Å². The SMILES string of the molecule is CN1C(C(=O)Nc2ccc(F)cc2)C(=O)c2ccccc2S1(=O)=O. The number of sulfonamides is 1. The third kappa shape index (κ3) is 2.59. The molecule has 8 heteroatoms. The summed E-state index contributed by atoms with van der Waals surface area (Å²) in [5.41, 5.74) is 0.244. The smallest absolute Gasteiger partial charge is 0.250 e. The molecule has 124 valence electrons. The summed E-state index contributed by atoms with van der Waals surface area (Å²) in [4.78, 5) is 24.9. The molecule has 0 aromatic heterocycles. The van der Waals surface area contributed by atoms with Gasteiger partial charge in [-0.05, 0) is 36.4 Å². The van der Waals surface area contributed by atoms with E-state index < -0.39 is 33.6 Å². The lowest BCUT2D eigenvalue weighted by Gasteiger charge is -2.30. The summed E-state index contributed by atoms with van der Waals surface area (Å²) in [6.45, 7) is 0. The summed E-state index contributed by atoms with van der Waals surface area (Å²) in [5, 5.41) is 2.44. The van der Waals surface area contributed by atoms with Crippen molar-refractivity contribution in [2.75, 3.05) is 12.4 Å². The number of Topliss-reactive ketones (excluding diaryl/α,β-unsaturated/α-hetero) is 1. The van der Waals surface area contributed by atoms with Crippen LogP contribution in [0.1, 0.15) is 10.4 Å². The molecule has 0 saturated heterocycles. The Morgan fingerprint density at radius 3 is 2.42 bits per heavy atom. The van der Waals surface area contributed by atoms with E-state index in [0.29, 0.717) is 0 Å². The second-order valence-corrected chi connectivity index (χ2v) is 7.25. The Hall–Kier alpha value is -2.58. The Labute approximate surface area is 138 Å². The van der Waals surface area contributed by atoms with E-state index in [0.717, 1.165) is 16.4 Å². The number of nitrogens with one attached hydrogen (secondary N) is 1. The van der Waals surface area contributed by atoms with E-state index in [1.54, 1.807) is 0 Å². The first kappa shape index (κ1) is 16.3. The molecule has 0 radical (unpaired) electrons. The van der Waals surface area contributed by atoms with Crippen molar-refractivity contribution < 1.29 is 22.4 Å². The lowest BCUT2D eigenvalue weighted by atomic mass is 10.0. The summed E-state index contributed by atoms with van der Waals surface area (Å²) in [6, 6.07) is 9.17. The van der Waals surface area contributed by atoms with E-state index in [9.17, 15) is 22.4 Å². The number of carbonyl (C=O) groups excluding carboxylic acids is 2. The Balaban J connectivity index is 1.97. The number of ketones is 1. The van der Waals surface area contributed by atoms with Crippen molar-refractivity contribution in [3.8, 4) is 0 Å². The van der Waals surface area contributed by atoms with Gasteiger partial charge in [0.05, 0.1) is 4.90 Å². The summed E-state index contributed by atoms with van der Waals surface area (Å²) >= 11 is 0. The fraction of sp³-hybridized carbons (Fsp3) is 0.125. The molecule has 0 spiro atoms. The zero-order valence-electron chi connectivity index (χ0n) is 12.6. The van der Waals surface area contributed by atoms with Crippen LogP contribution in [0, 0.1) is 5.82 Å². The molecule has 3 rings (SSSR count). The van der Waals surface area contributed by atoms with Crippen molar-refractivity contribution in [1.29, 1.82) is 0 Å². The Kier molecular flexibility index (Phi) is 3.94. The summed E-state index contributed by atoms with van der Waals surface area (Å²) in [5.74, 6) is -1.88. The number of likely N-dealkylation sites (N-methyl/N-ethyl adjacent to an activating group) is 1. The maximum Gasteiger partial charge on any atom is 0.250 e. The van der Waals surface area contributed by atoms with E-state index in [1.807, 2.05) is 0 Å². The second-order valence-electron chi connectivity index (χ2n) is 5.28. The van der Waals surface area contributed by atoms with Crippen LogP contribution in [0.5, 0.6) is 0 Å². The third-order valence-electron chi connectivity index (χ3n) is 3.78. The van der Waals surface area contributed by atoms with Crippen LogP contribution in [0.25, 0.3) is 0 Å². The van der Waals surface area contributed by atoms with Gasteiger partial charge in [0, 0.05) is 18.3 Å². The molecule has 2 aromatic rings. The number of rotatable bonds is 2. The first-order chi connectivity index (χ1) is 11.3. The monoisotopic (exact) mass is 348 g/mol. The van der Waals surface area contributed by atoms with E-state index in [4.69, 9.17) is 0 Å². The topological polar surface area (TPSA) is 83.6 Å². The van der Waals surface area contributed by atoms with Crippen LogP contribution in [0.4, 0.5) is 10.1 Å². The van der Waals surface area contributed by atoms with Gasteiger partial charge >= 0.3 is 0 Å². The molecule has 1 aliphatic heterocycles. The van der Waals surface area contributed by atoms with Gasteiger partial charge in [0.1, 0.15) is 5.82 Å². The molecule has 0 bridgehead atoms. The summed E-state index contributed by atoms with van der Waals surface area (Å²) in [7, 11) is -2.78. The lowest BCUT2D eigenvalue weighted by Crippen LogP contribution is -2.53. The minimum absolute atomic E-state index is 0.0187. The third-order valence-corrected chi connectivity index (χ3v) is 5.66. The molecule has 1 unspecified atom stereocenters. The van der Waals surface area contributed by atoms with Crippen LogP contribution in [-0.2, 0) is 14.8 Å². The van der Waals surface area contributed by atoms with Crippen molar-refractivity contribution in [1.82, 2.24) is 4.31 Å². The second kappa shape index (κ2) is 5.81. The number of hydrogen-bond donors (Lipinski definition) is 1. The molecule has 0 saturated carbocycles. The summed E-state index contributed by atoms with van der Waals surface area (Å²) in [6.07, 6.45) is 0. The number of benzene rings is 2. The quantitative estimate of drug-likeness (QED) is 0.837. The predicted octanol–water partition coefficient (Wildman–Crippen LogP) is 1.65. The van der Waals surface area contributed by atoms with Crippen molar-refractivity contribution >= 4 is 27.4 Å². The van der Waals surface area contributed by atoms with Crippen molar-refractivity contribution in [3.63, 3.8) is 0 Å². The maximum absolute atomic E-state index is 12.9. The molecular formula is C16H13FN2O4S. The highest BCUT2D eigenvalue weighted by atomic mass is 32.2. The first-order valence-electron chi connectivity index (χ1n) is 7.00. The highest BCUT2D eigenvalue weighted by Crippen LogP contribution is 2.29. The number of anilines is 1. The van der Waals surface area contributed by atoms with Gasteiger partial charge in [0.15, 0.2) is 11.8 Å². The molecule has 1 amide bonds. The van der Waals surface area contributed by atoms with Gasteiger partial charge in [-0.25, -0.2) is 12.8 Å². The number of nitrogens with zero attached hydrogens (tertiary/aromatic N) is 1. The molecule has 1 atom stereocenters. The number of amides is 1. The largest absolute Gasteiger partial charge is 0.324 e. The Morgan fingerprint density at radius 2 is 1.75 bits per heavy atom. The standard InChI is InChI=1S/C16H13FN2O4S/c1-19-14(16(21)18-11-8-6-10(17)7-9-11)15(20)12-4-2-3-5-13(12)24(19,22)23/h2-9,14H,1H3,(H,18,21). The number of halogens is 1. The maximum atomic E-state index is 12.9. The van der Waals surface area contributed by atoms with Crippen LogP contribution in [0.15, 0.2) is 53.4 Å². The van der Waals surface area contributed by atoms with Gasteiger partial charge < -0.3 is 5.32 Å². The molecular weight excluding hydrogens is 335 g/mol. The van der Waals surface area contributed by atoms with Gasteiger partial charge in [0.2, 0.25) is 10.0 Å². The van der Waals surface area contributed by atoms with Crippen LogP contribution in [-0.4, -0.2) is 37.5 Å². The zero-order chi connectivity index (χ0) is 17.5. The van der Waals surface area contributed by atoms with E-state index in [1.165, 1.54) is 43.4 Å². The number of fused-ring (bicyclic) bond motifs is 1. The first-order valence-corrected chi connectivity index (χ1v) is 8.44. The molecule has 1 aliphatic rings.